The number of likely N-dealkylation sites (tertiary alicyclic amines) is 2. The van der Waals surface area contributed by atoms with E-state index in [-0.39, 0.29) is 11.8 Å². The molecule has 2 aliphatic heterocycles. The number of rotatable bonds is 2. The average Bonchev–Trinajstić information content (AvgIpc) is 2.60. The molecule has 2 fully saturated rings. The lowest BCUT2D eigenvalue weighted by Crippen LogP contribution is -2.48. The molecule has 24 heavy (non-hydrogen) atoms. The second-order valence-corrected chi connectivity index (χ2v) is 7.62. The molecule has 0 bridgehead atoms. The van der Waals surface area contributed by atoms with Crippen LogP contribution in [0, 0.1) is 17.8 Å². The lowest BCUT2D eigenvalue weighted by Gasteiger charge is -2.39. The van der Waals surface area contributed by atoms with Crippen LogP contribution in [0.15, 0.2) is 30.3 Å². The van der Waals surface area contributed by atoms with E-state index in [1.54, 1.807) is 0 Å². The topological polar surface area (TPSA) is 40.6 Å². The van der Waals surface area contributed by atoms with Gasteiger partial charge in [0.05, 0.1) is 0 Å². The highest BCUT2D eigenvalue weighted by atomic mass is 16.2. The minimum atomic E-state index is 0.0849. The van der Waals surface area contributed by atoms with E-state index >= 15 is 0 Å². The van der Waals surface area contributed by atoms with E-state index in [0.717, 1.165) is 31.5 Å². The molecular formula is C20H28N2O2. The molecule has 1 aromatic carbocycles. The third-order valence-electron chi connectivity index (χ3n) is 5.33. The van der Waals surface area contributed by atoms with Gasteiger partial charge in [0.1, 0.15) is 0 Å². The molecule has 0 unspecified atom stereocenters. The van der Waals surface area contributed by atoms with Crippen molar-refractivity contribution in [3.05, 3.63) is 35.9 Å². The summed E-state index contributed by atoms with van der Waals surface area (Å²) in [5, 5.41) is 0. The van der Waals surface area contributed by atoms with Crippen LogP contribution in [0.25, 0.3) is 0 Å². The number of nitrogens with zero attached hydrogens (tertiary/aromatic N) is 2. The quantitative estimate of drug-likeness (QED) is 0.837. The van der Waals surface area contributed by atoms with Gasteiger partial charge >= 0.3 is 0 Å². The molecule has 4 nitrogen and oxygen atoms in total. The fraction of sp³-hybridized carbons (Fsp3) is 0.600. The number of amides is 2. The molecule has 0 radical (unpaired) electrons. The summed E-state index contributed by atoms with van der Waals surface area (Å²) in [4.78, 5) is 29.3. The van der Waals surface area contributed by atoms with Gasteiger partial charge in [-0.05, 0) is 43.2 Å². The largest absolute Gasteiger partial charge is 0.342 e. The summed E-state index contributed by atoms with van der Waals surface area (Å²) in [7, 11) is 0. The van der Waals surface area contributed by atoms with Crippen molar-refractivity contribution >= 4 is 11.8 Å². The standard InChI is InChI=1S/C20H28N2O2/c1-15-12-16(2)14-22(13-15)20(24)18-8-10-21(11-9-18)19(23)17-6-4-3-5-7-17/h3-7,15-16,18H,8-14H2,1-2H3/t15-,16+. The van der Waals surface area contributed by atoms with Gasteiger partial charge in [-0.3, -0.25) is 9.59 Å². The monoisotopic (exact) mass is 328 g/mol. The lowest BCUT2D eigenvalue weighted by molar-refractivity contribution is -0.139. The van der Waals surface area contributed by atoms with Crippen LogP contribution in [-0.2, 0) is 4.79 Å². The summed E-state index contributed by atoms with van der Waals surface area (Å²) in [5.74, 6) is 1.67. The van der Waals surface area contributed by atoms with Crippen LogP contribution in [0.3, 0.4) is 0 Å². The zero-order valence-corrected chi connectivity index (χ0v) is 14.8. The van der Waals surface area contributed by atoms with Crippen LogP contribution in [0.5, 0.6) is 0 Å². The van der Waals surface area contributed by atoms with Crippen LogP contribution < -0.4 is 0 Å². The number of piperidine rings is 2. The van der Waals surface area contributed by atoms with Gasteiger partial charge in [-0.1, -0.05) is 32.0 Å². The van der Waals surface area contributed by atoms with Gasteiger partial charge in [-0.15, -0.1) is 0 Å². The predicted octanol–water partition coefficient (Wildman–Crippen LogP) is 3.04. The van der Waals surface area contributed by atoms with E-state index in [2.05, 4.69) is 18.7 Å². The van der Waals surface area contributed by atoms with E-state index in [1.165, 1.54) is 6.42 Å². The first-order chi connectivity index (χ1) is 11.5. The van der Waals surface area contributed by atoms with Crippen molar-refractivity contribution in [2.45, 2.75) is 33.1 Å². The Hall–Kier alpha value is -1.84. The molecule has 0 saturated carbocycles. The maximum atomic E-state index is 12.8. The number of hydrogen-bond acceptors (Lipinski definition) is 2. The number of carbonyl (C=O) groups is 2. The van der Waals surface area contributed by atoms with Gasteiger partial charge in [-0.2, -0.15) is 0 Å². The minimum Gasteiger partial charge on any atom is -0.342 e. The average molecular weight is 328 g/mol. The van der Waals surface area contributed by atoms with Crippen LogP contribution in [0.4, 0.5) is 0 Å². The van der Waals surface area contributed by atoms with Crippen LogP contribution in [0.1, 0.15) is 43.5 Å². The van der Waals surface area contributed by atoms with Crippen molar-refractivity contribution in [3.8, 4) is 0 Å². The Morgan fingerprint density at radius 3 is 2.08 bits per heavy atom. The Kier molecular flexibility index (Phi) is 5.22. The SMILES string of the molecule is C[C@@H]1C[C@H](C)CN(C(=O)C2CCN(C(=O)c3ccccc3)CC2)C1. The first kappa shape index (κ1) is 17.0. The van der Waals surface area contributed by atoms with E-state index in [9.17, 15) is 9.59 Å². The molecule has 130 valence electrons. The van der Waals surface area contributed by atoms with Gasteiger partial charge in [0.15, 0.2) is 0 Å². The summed E-state index contributed by atoms with van der Waals surface area (Å²) < 4.78 is 0. The molecule has 2 atom stereocenters. The van der Waals surface area contributed by atoms with E-state index in [1.807, 2.05) is 35.2 Å². The predicted molar refractivity (Wildman–Crippen MR) is 94.6 cm³/mol. The van der Waals surface area contributed by atoms with Crippen LogP contribution >= 0.6 is 0 Å². The summed E-state index contributed by atoms with van der Waals surface area (Å²) in [6, 6.07) is 9.42. The third-order valence-corrected chi connectivity index (χ3v) is 5.33. The van der Waals surface area contributed by atoms with Crippen molar-refractivity contribution in [1.29, 1.82) is 0 Å². The molecule has 4 heteroatoms. The van der Waals surface area contributed by atoms with Crippen molar-refractivity contribution in [1.82, 2.24) is 9.80 Å². The van der Waals surface area contributed by atoms with E-state index in [4.69, 9.17) is 0 Å². The third kappa shape index (κ3) is 3.80. The fourth-order valence-corrected chi connectivity index (χ4v) is 4.19. The van der Waals surface area contributed by atoms with Crippen LogP contribution in [0.2, 0.25) is 0 Å². The molecule has 2 saturated heterocycles. The number of hydrogen-bond donors (Lipinski definition) is 0. The van der Waals surface area contributed by atoms with E-state index in [0.29, 0.717) is 30.8 Å². The summed E-state index contributed by atoms with van der Waals surface area (Å²) in [5.41, 5.74) is 0.737. The highest BCUT2D eigenvalue weighted by molar-refractivity contribution is 5.94. The van der Waals surface area contributed by atoms with E-state index < -0.39 is 0 Å². The maximum Gasteiger partial charge on any atom is 0.253 e. The molecule has 0 aromatic heterocycles. The Morgan fingerprint density at radius 2 is 1.50 bits per heavy atom. The van der Waals surface area contributed by atoms with Gasteiger partial charge < -0.3 is 9.80 Å². The minimum absolute atomic E-state index is 0.0849. The van der Waals surface area contributed by atoms with Gasteiger partial charge in [0, 0.05) is 37.7 Å². The Balaban J connectivity index is 1.55. The van der Waals surface area contributed by atoms with Crippen molar-refractivity contribution in [2.75, 3.05) is 26.2 Å². The molecule has 0 aliphatic carbocycles. The normalized spacial score (nSPS) is 25.6. The lowest BCUT2D eigenvalue weighted by atomic mass is 9.89. The summed E-state index contributed by atoms with van der Waals surface area (Å²) in [6.45, 7) is 7.62. The first-order valence-corrected chi connectivity index (χ1v) is 9.17. The molecule has 0 spiro atoms. The highest BCUT2D eigenvalue weighted by Gasteiger charge is 2.33. The second-order valence-electron chi connectivity index (χ2n) is 7.62. The molecule has 2 aliphatic rings. The van der Waals surface area contributed by atoms with Crippen molar-refractivity contribution in [2.24, 2.45) is 17.8 Å². The number of carbonyl (C=O) groups excluding carboxylic acids is 2. The summed E-state index contributed by atoms with van der Waals surface area (Å²) in [6.07, 6.45) is 2.79. The highest BCUT2D eigenvalue weighted by Crippen LogP contribution is 2.26. The zero-order chi connectivity index (χ0) is 17.1. The van der Waals surface area contributed by atoms with Gasteiger partial charge in [-0.25, -0.2) is 0 Å². The van der Waals surface area contributed by atoms with Crippen molar-refractivity contribution < 1.29 is 9.59 Å². The molecule has 1 aromatic rings. The van der Waals surface area contributed by atoms with Gasteiger partial charge in [0.2, 0.25) is 5.91 Å². The maximum absolute atomic E-state index is 12.8. The molecule has 3 rings (SSSR count). The molecule has 0 N–H and O–H groups in total. The van der Waals surface area contributed by atoms with Crippen LogP contribution in [-0.4, -0.2) is 47.8 Å². The van der Waals surface area contributed by atoms with Crippen molar-refractivity contribution in [3.63, 3.8) is 0 Å². The molecule has 2 heterocycles. The second kappa shape index (κ2) is 7.37. The smallest absolute Gasteiger partial charge is 0.253 e. The number of benzene rings is 1. The molecular weight excluding hydrogens is 300 g/mol. The molecule has 2 amide bonds. The fourth-order valence-electron chi connectivity index (χ4n) is 4.19. The Morgan fingerprint density at radius 1 is 0.917 bits per heavy atom. The zero-order valence-electron chi connectivity index (χ0n) is 14.8. The first-order valence-electron chi connectivity index (χ1n) is 9.17. The van der Waals surface area contributed by atoms with Gasteiger partial charge in [0.25, 0.3) is 5.91 Å². The summed E-state index contributed by atoms with van der Waals surface area (Å²) >= 11 is 0. The Labute approximate surface area is 144 Å². The Bertz CT molecular complexity index is 569.